The van der Waals surface area contributed by atoms with E-state index >= 15 is 0 Å². The Morgan fingerprint density at radius 1 is 1.28 bits per heavy atom. The number of nitrogens with one attached hydrogen (secondary N) is 1. The number of rotatable bonds is 3. The summed E-state index contributed by atoms with van der Waals surface area (Å²) in [7, 11) is 0. The summed E-state index contributed by atoms with van der Waals surface area (Å²) in [4.78, 5) is 15.7. The second-order valence-corrected chi connectivity index (χ2v) is 4.73. The Morgan fingerprint density at radius 2 is 2.00 bits per heavy atom. The number of aromatic nitrogens is 1. The molecule has 1 amide bonds. The van der Waals surface area contributed by atoms with E-state index in [2.05, 4.69) is 26.2 Å². The van der Waals surface area contributed by atoms with E-state index in [9.17, 15) is 4.79 Å². The van der Waals surface area contributed by atoms with Crippen LogP contribution in [0.25, 0.3) is 0 Å². The van der Waals surface area contributed by atoms with E-state index in [4.69, 9.17) is 5.73 Å². The van der Waals surface area contributed by atoms with Crippen LogP contribution in [0.3, 0.4) is 0 Å². The van der Waals surface area contributed by atoms with Crippen LogP contribution >= 0.6 is 15.9 Å². The predicted molar refractivity (Wildman–Crippen MR) is 75.1 cm³/mol. The molecule has 0 radical (unpaired) electrons. The molecule has 1 aromatic carbocycles. The van der Waals surface area contributed by atoms with Gasteiger partial charge < -0.3 is 11.1 Å². The van der Waals surface area contributed by atoms with Crippen molar-refractivity contribution in [3.8, 4) is 0 Å². The average molecular weight is 306 g/mol. The molecule has 2 aromatic rings. The van der Waals surface area contributed by atoms with Gasteiger partial charge in [-0.2, -0.15) is 0 Å². The third-order valence-electron chi connectivity index (χ3n) is 2.40. The Hall–Kier alpha value is -1.88. The molecule has 0 aliphatic rings. The van der Waals surface area contributed by atoms with Gasteiger partial charge in [-0.05, 0) is 23.8 Å². The largest absolute Gasteiger partial charge is 0.396 e. The number of benzene rings is 1. The van der Waals surface area contributed by atoms with E-state index in [1.54, 1.807) is 12.3 Å². The summed E-state index contributed by atoms with van der Waals surface area (Å²) < 4.78 is 0.991. The highest BCUT2D eigenvalue weighted by atomic mass is 79.9. The molecule has 0 saturated heterocycles. The molecular formula is C13H12BrN3O. The van der Waals surface area contributed by atoms with E-state index in [0.717, 1.165) is 10.0 Å². The van der Waals surface area contributed by atoms with Gasteiger partial charge in [0.2, 0.25) is 5.91 Å². The lowest BCUT2D eigenvalue weighted by molar-refractivity contribution is -0.115. The minimum Gasteiger partial charge on any atom is -0.396 e. The van der Waals surface area contributed by atoms with Gasteiger partial charge in [-0.25, -0.2) is 0 Å². The van der Waals surface area contributed by atoms with Crippen LogP contribution in [0.2, 0.25) is 0 Å². The van der Waals surface area contributed by atoms with Crippen molar-refractivity contribution in [2.75, 3.05) is 11.1 Å². The first-order chi connectivity index (χ1) is 8.65. The number of amides is 1. The van der Waals surface area contributed by atoms with Crippen molar-refractivity contribution in [2.24, 2.45) is 0 Å². The number of carbonyl (C=O) groups is 1. The first-order valence-electron chi connectivity index (χ1n) is 5.39. The van der Waals surface area contributed by atoms with Crippen molar-refractivity contribution in [3.63, 3.8) is 0 Å². The van der Waals surface area contributed by atoms with Crippen molar-refractivity contribution in [1.82, 2.24) is 4.98 Å². The molecule has 3 N–H and O–H groups in total. The summed E-state index contributed by atoms with van der Waals surface area (Å²) in [5.41, 5.74) is 7.70. The van der Waals surface area contributed by atoms with Crippen molar-refractivity contribution in [3.05, 3.63) is 52.8 Å². The van der Waals surface area contributed by atoms with Gasteiger partial charge in [-0.3, -0.25) is 9.78 Å². The number of pyridine rings is 1. The Morgan fingerprint density at radius 3 is 2.67 bits per heavy atom. The molecule has 4 nitrogen and oxygen atoms in total. The number of halogens is 1. The van der Waals surface area contributed by atoms with Crippen LogP contribution in [-0.2, 0) is 11.2 Å². The number of carbonyl (C=O) groups excluding carboxylic acids is 1. The zero-order chi connectivity index (χ0) is 13.0. The highest BCUT2D eigenvalue weighted by Crippen LogP contribution is 2.16. The molecule has 0 aliphatic heterocycles. The van der Waals surface area contributed by atoms with Gasteiger partial charge in [0.25, 0.3) is 0 Å². The number of nitrogens with zero attached hydrogens (tertiary/aromatic N) is 1. The number of hydrogen-bond acceptors (Lipinski definition) is 3. The standard InChI is InChI=1S/C13H12BrN3O/c14-10-3-1-9(2-4-10)7-13(18)17-12-5-6-16-8-11(12)15/h1-6,8H,7,15H2,(H,16,17,18). The zero-order valence-corrected chi connectivity index (χ0v) is 11.1. The van der Waals surface area contributed by atoms with Crippen molar-refractivity contribution >= 4 is 33.2 Å². The number of nitrogen functional groups attached to an aromatic ring is 1. The van der Waals surface area contributed by atoms with Crippen LogP contribution in [0.1, 0.15) is 5.56 Å². The van der Waals surface area contributed by atoms with Crippen molar-refractivity contribution < 1.29 is 4.79 Å². The Balaban J connectivity index is 2.01. The highest BCUT2D eigenvalue weighted by Gasteiger charge is 2.06. The third kappa shape index (κ3) is 3.30. The minimum absolute atomic E-state index is 0.102. The van der Waals surface area contributed by atoms with Crippen LogP contribution in [0.5, 0.6) is 0 Å². The summed E-state index contributed by atoms with van der Waals surface area (Å²) in [6.07, 6.45) is 3.41. The first kappa shape index (κ1) is 12.6. The van der Waals surface area contributed by atoms with Gasteiger partial charge in [0.15, 0.2) is 0 Å². The normalized spacial score (nSPS) is 10.1. The third-order valence-corrected chi connectivity index (χ3v) is 2.93. The smallest absolute Gasteiger partial charge is 0.228 e. The monoisotopic (exact) mass is 305 g/mol. The van der Waals surface area contributed by atoms with Gasteiger partial charge in [0, 0.05) is 10.7 Å². The molecule has 0 bridgehead atoms. The van der Waals surface area contributed by atoms with Crippen LogP contribution in [0.4, 0.5) is 11.4 Å². The van der Waals surface area contributed by atoms with Crippen LogP contribution in [0.15, 0.2) is 47.2 Å². The maximum absolute atomic E-state index is 11.8. The molecule has 0 saturated carbocycles. The molecule has 0 fully saturated rings. The summed E-state index contributed by atoms with van der Waals surface area (Å²) in [6, 6.07) is 9.29. The summed E-state index contributed by atoms with van der Waals surface area (Å²) >= 11 is 3.35. The van der Waals surface area contributed by atoms with Gasteiger partial charge in [-0.15, -0.1) is 0 Å². The second kappa shape index (κ2) is 5.64. The van der Waals surface area contributed by atoms with Crippen LogP contribution in [0, 0.1) is 0 Å². The zero-order valence-electron chi connectivity index (χ0n) is 9.56. The van der Waals surface area contributed by atoms with E-state index in [-0.39, 0.29) is 5.91 Å². The maximum atomic E-state index is 11.8. The Labute approximate surface area is 113 Å². The van der Waals surface area contributed by atoms with Crippen LogP contribution < -0.4 is 11.1 Å². The predicted octanol–water partition coefficient (Wildman–Crippen LogP) is 2.61. The lowest BCUT2D eigenvalue weighted by Crippen LogP contribution is -2.15. The summed E-state index contributed by atoms with van der Waals surface area (Å²) in [6.45, 7) is 0. The molecule has 18 heavy (non-hydrogen) atoms. The SMILES string of the molecule is Nc1cnccc1NC(=O)Cc1ccc(Br)cc1. The van der Waals surface area contributed by atoms with E-state index in [1.165, 1.54) is 6.20 Å². The minimum atomic E-state index is -0.102. The van der Waals surface area contributed by atoms with Gasteiger partial charge >= 0.3 is 0 Å². The first-order valence-corrected chi connectivity index (χ1v) is 6.18. The quantitative estimate of drug-likeness (QED) is 0.916. The lowest BCUT2D eigenvalue weighted by atomic mass is 10.1. The van der Waals surface area contributed by atoms with E-state index in [0.29, 0.717) is 17.8 Å². The Kier molecular flexibility index (Phi) is 3.94. The molecule has 0 aliphatic carbocycles. The highest BCUT2D eigenvalue weighted by molar-refractivity contribution is 9.10. The lowest BCUT2D eigenvalue weighted by Gasteiger charge is -2.07. The fourth-order valence-electron chi connectivity index (χ4n) is 1.50. The fourth-order valence-corrected chi connectivity index (χ4v) is 1.77. The molecular weight excluding hydrogens is 294 g/mol. The summed E-state index contributed by atoms with van der Waals surface area (Å²) in [5.74, 6) is -0.102. The number of anilines is 2. The molecule has 92 valence electrons. The average Bonchev–Trinajstić information content (AvgIpc) is 2.35. The molecule has 0 unspecified atom stereocenters. The van der Waals surface area contributed by atoms with Gasteiger partial charge in [0.05, 0.1) is 24.0 Å². The van der Waals surface area contributed by atoms with Crippen LogP contribution in [-0.4, -0.2) is 10.9 Å². The Bertz CT molecular complexity index is 554. The van der Waals surface area contributed by atoms with Gasteiger partial charge in [0.1, 0.15) is 0 Å². The van der Waals surface area contributed by atoms with Crippen molar-refractivity contribution in [1.29, 1.82) is 0 Å². The maximum Gasteiger partial charge on any atom is 0.228 e. The van der Waals surface area contributed by atoms with Gasteiger partial charge in [-0.1, -0.05) is 28.1 Å². The summed E-state index contributed by atoms with van der Waals surface area (Å²) in [5, 5.41) is 2.76. The molecule has 0 atom stereocenters. The van der Waals surface area contributed by atoms with E-state index in [1.807, 2.05) is 24.3 Å². The second-order valence-electron chi connectivity index (χ2n) is 3.81. The fraction of sp³-hybridized carbons (Fsp3) is 0.0769. The number of hydrogen-bond donors (Lipinski definition) is 2. The molecule has 0 spiro atoms. The molecule has 2 rings (SSSR count). The number of nitrogens with two attached hydrogens (primary N) is 1. The van der Waals surface area contributed by atoms with Crippen molar-refractivity contribution in [2.45, 2.75) is 6.42 Å². The topological polar surface area (TPSA) is 68.0 Å². The molecule has 1 heterocycles. The molecule has 1 aromatic heterocycles. The van der Waals surface area contributed by atoms with E-state index < -0.39 is 0 Å². The molecule has 5 heteroatoms.